The Morgan fingerprint density at radius 2 is 1.76 bits per heavy atom. The molecule has 34 heavy (non-hydrogen) atoms. The number of carbonyl (C=O) groups is 1. The van der Waals surface area contributed by atoms with Gasteiger partial charge in [-0.2, -0.15) is 13.2 Å². The average molecular weight is 492 g/mol. The smallest absolute Gasteiger partial charge is 0.416 e. The number of hydrogen-bond donors (Lipinski definition) is 1. The first-order valence-electron chi connectivity index (χ1n) is 10.4. The van der Waals surface area contributed by atoms with Crippen LogP contribution >= 0.6 is 11.9 Å². The summed E-state index contributed by atoms with van der Waals surface area (Å²) in [6.07, 6.45) is -4.67. The minimum Gasteiger partial charge on any atom is -0.497 e. The van der Waals surface area contributed by atoms with Crippen LogP contribution in [0, 0.1) is 0 Å². The highest BCUT2D eigenvalue weighted by Gasteiger charge is 2.31. The number of rotatable bonds is 10. The van der Waals surface area contributed by atoms with E-state index < -0.39 is 17.7 Å². The molecule has 9 heteroatoms. The van der Waals surface area contributed by atoms with Crippen LogP contribution in [0.3, 0.4) is 0 Å². The zero-order chi connectivity index (χ0) is 24.7. The summed E-state index contributed by atoms with van der Waals surface area (Å²) in [6, 6.07) is 17.3. The molecule has 0 aliphatic rings. The second-order valence-electron chi connectivity index (χ2n) is 7.36. The lowest BCUT2D eigenvalue weighted by atomic mass is 10.1. The summed E-state index contributed by atoms with van der Waals surface area (Å²) in [4.78, 5) is 11.9. The molecule has 3 aromatic carbocycles. The van der Waals surface area contributed by atoms with E-state index in [9.17, 15) is 18.0 Å². The molecule has 0 saturated carbocycles. The van der Waals surface area contributed by atoms with Crippen LogP contribution in [0.15, 0.2) is 71.6 Å². The van der Waals surface area contributed by atoms with Crippen LogP contribution in [0.1, 0.15) is 23.6 Å². The number of nitrogens with zero attached hydrogens (tertiary/aromatic N) is 1. The Balaban J connectivity index is 1.87. The molecule has 0 bridgehead atoms. The van der Waals surface area contributed by atoms with Gasteiger partial charge in [-0.25, -0.2) is 4.31 Å². The molecule has 0 amide bonds. The van der Waals surface area contributed by atoms with Crippen LogP contribution in [0.5, 0.6) is 17.2 Å². The van der Waals surface area contributed by atoms with Crippen LogP contribution in [-0.4, -0.2) is 29.0 Å². The minimum atomic E-state index is -4.49. The Labute approximate surface area is 200 Å². The zero-order valence-electron chi connectivity index (χ0n) is 18.6. The lowest BCUT2D eigenvalue weighted by molar-refractivity contribution is -0.138. The number of aliphatic carboxylic acids is 1. The summed E-state index contributed by atoms with van der Waals surface area (Å²) in [5.74, 6) is 0.354. The van der Waals surface area contributed by atoms with Crippen molar-refractivity contribution in [2.75, 3.05) is 13.7 Å². The minimum absolute atomic E-state index is 0.181. The van der Waals surface area contributed by atoms with Gasteiger partial charge in [-0.3, -0.25) is 4.79 Å². The molecule has 0 spiro atoms. The maximum Gasteiger partial charge on any atom is 0.416 e. The van der Waals surface area contributed by atoms with E-state index in [1.165, 1.54) is 18.0 Å². The molecule has 3 aromatic rings. The van der Waals surface area contributed by atoms with Crippen molar-refractivity contribution in [3.63, 3.8) is 0 Å². The van der Waals surface area contributed by atoms with Gasteiger partial charge in [-0.05, 0) is 72.1 Å². The molecule has 0 unspecified atom stereocenters. The maximum absolute atomic E-state index is 13.4. The summed E-state index contributed by atoms with van der Waals surface area (Å²) >= 11 is 1.42. The fourth-order valence-electron chi connectivity index (χ4n) is 3.18. The van der Waals surface area contributed by atoms with Crippen molar-refractivity contribution in [3.8, 4) is 17.2 Å². The van der Waals surface area contributed by atoms with Crippen molar-refractivity contribution in [3.05, 3.63) is 83.4 Å². The number of hydrogen-bond acceptors (Lipinski definition) is 5. The van der Waals surface area contributed by atoms with E-state index in [0.717, 1.165) is 17.0 Å². The van der Waals surface area contributed by atoms with E-state index in [0.29, 0.717) is 29.2 Å². The van der Waals surface area contributed by atoms with Crippen molar-refractivity contribution in [2.24, 2.45) is 0 Å². The highest BCUT2D eigenvalue weighted by molar-refractivity contribution is 7.97. The first kappa shape index (κ1) is 25.5. The third-order valence-electron chi connectivity index (χ3n) is 4.86. The number of carboxylic acid groups (broad SMARTS) is 1. The van der Waals surface area contributed by atoms with Gasteiger partial charge in [0.15, 0.2) is 0 Å². The van der Waals surface area contributed by atoms with Gasteiger partial charge in [-0.15, -0.1) is 0 Å². The second-order valence-corrected chi connectivity index (χ2v) is 8.53. The summed E-state index contributed by atoms with van der Waals surface area (Å²) in [6.45, 7) is 2.68. The summed E-state index contributed by atoms with van der Waals surface area (Å²) in [7, 11) is 1.58. The van der Waals surface area contributed by atoms with Gasteiger partial charge < -0.3 is 14.6 Å². The molecular weight excluding hydrogens is 467 g/mol. The molecule has 0 heterocycles. The standard InChI is InChI=1S/C25H24F3NO4S/c1-3-29(34-22-10-8-20(32-2)9-11-22)16-18-15-19(25(26,27)28)7-12-23(18)33-21-6-4-5-17(13-21)14-24(30)31/h4-13,15H,3,14,16H2,1-2H3,(H,30,31). The summed E-state index contributed by atoms with van der Waals surface area (Å²) in [5.41, 5.74) is 0.130. The largest absolute Gasteiger partial charge is 0.497 e. The molecule has 3 rings (SSSR count). The zero-order valence-corrected chi connectivity index (χ0v) is 19.4. The number of ether oxygens (including phenoxy) is 2. The van der Waals surface area contributed by atoms with Crippen molar-refractivity contribution >= 4 is 17.9 Å². The molecule has 0 atom stereocenters. The van der Waals surface area contributed by atoms with Crippen molar-refractivity contribution < 1.29 is 32.5 Å². The number of benzene rings is 3. The first-order chi connectivity index (χ1) is 16.2. The third-order valence-corrected chi connectivity index (χ3v) is 5.99. The molecule has 0 radical (unpaired) electrons. The first-order valence-corrected chi connectivity index (χ1v) is 11.2. The predicted octanol–water partition coefficient (Wildman–Crippen LogP) is 6.66. The molecule has 0 aliphatic heterocycles. The van der Waals surface area contributed by atoms with E-state index in [2.05, 4.69) is 0 Å². The molecule has 5 nitrogen and oxygen atoms in total. The van der Waals surface area contributed by atoms with Gasteiger partial charge in [0.1, 0.15) is 17.2 Å². The van der Waals surface area contributed by atoms with E-state index >= 15 is 0 Å². The van der Waals surface area contributed by atoms with Gasteiger partial charge in [0, 0.05) is 23.5 Å². The highest BCUT2D eigenvalue weighted by atomic mass is 32.2. The maximum atomic E-state index is 13.4. The Kier molecular flexibility index (Phi) is 8.46. The van der Waals surface area contributed by atoms with Gasteiger partial charge in [0.05, 0.1) is 19.1 Å². The van der Waals surface area contributed by atoms with Crippen LogP contribution in [0.2, 0.25) is 0 Å². The van der Waals surface area contributed by atoms with Gasteiger partial charge in [0.2, 0.25) is 0 Å². The number of methoxy groups -OCH3 is 1. The summed E-state index contributed by atoms with van der Waals surface area (Å²) < 4.78 is 53.2. The Morgan fingerprint density at radius 1 is 1.03 bits per heavy atom. The molecule has 0 aromatic heterocycles. The fourth-order valence-corrected chi connectivity index (χ4v) is 4.07. The van der Waals surface area contributed by atoms with Gasteiger partial charge in [0.25, 0.3) is 0 Å². The lowest BCUT2D eigenvalue weighted by Gasteiger charge is -2.22. The van der Waals surface area contributed by atoms with E-state index in [1.807, 2.05) is 35.5 Å². The average Bonchev–Trinajstić information content (AvgIpc) is 2.79. The fraction of sp³-hybridized carbons (Fsp3) is 0.240. The molecule has 0 saturated heterocycles. The van der Waals surface area contributed by atoms with Crippen molar-refractivity contribution in [1.29, 1.82) is 0 Å². The van der Waals surface area contributed by atoms with Crippen LogP contribution in [0.4, 0.5) is 13.2 Å². The number of halogens is 3. The van der Waals surface area contributed by atoms with Gasteiger partial charge >= 0.3 is 12.1 Å². The molecule has 180 valence electrons. The van der Waals surface area contributed by atoms with Crippen molar-refractivity contribution in [1.82, 2.24) is 4.31 Å². The predicted molar refractivity (Wildman–Crippen MR) is 124 cm³/mol. The molecular formula is C25H24F3NO4S. The van der Waals surface area contributed by atoms with Gasteiger partial charge in [-0.1, -0.05) is 19.1 Å². The molecule has 0 aliphatic carbocycles. The van der Waals surface area contributed by atoms with E-state index in [1.54, 1.807) is 31.4 Å². The van der Waals surface area contributed by atoms with Crippen LogP contribution in [0.25, 0.3) is 0 Å². The van der Waals surface area contributed by atoms with Crippen molar-refractivity contribution in [2.45, 2.75) is 31.0 Å². The molecule has 1 N–H and O–H groups in total. The topological polar surface area (TPSA) is 59.0 Å². The number of alkyl halides is 3. The van der Waals surface area contributed by atoms with Crippen LogP contribution < -0.4 is 9.47 Å². The van der Waals surface area contributed by atoms with E-state index in [-0.39, 0.29) is 18.7 Å². The Hall–Kier alpha value is -3.17. The monoisotopic (exact) mass is 491 g/mol. The SMILES string of the molecule is CCN(Cc1cc(C(F)(F)F)ccc1Oc1cccc(CC(=O)O)c1)Sc1ccc(OC)cc1. The highest BCUT2D eigenvalue weighted by Crippen LogP contribution is 2.36. The number of carboxylic acids is 1. The molecule has 0 fully saturated rings. The third kappa shape index (κ3) is 7.16. The summed E-state index contributed by atoms with van der Waals surface area (Å²) in [5, 5.41) is 9.01. The Bertz CT molecular complexity index is 1120. The van der Waals surface area contributed by atoms with Crippen LogP contribution in [-0.2, 0) is 23.9 Å². The normalized spacial score (nSPS) is 11.5. The quantitative estimate of drug-likeness (QED) is 0.320. The second kappa shape index (κ2) is 11.3. The lowest BCUT2D eigenvalue weighted by Crippen LogP contribution is -2.16. The van der Waals surface area contributed by atoms with E-state index in [4.69, 9.17) is 14.6 Å². The Morgan fingerprint density at radius 3 is 2.38 bits per heavy atom.